The molecular formula is C14H12ClFN2O2. The van der Waals surface area contributed by atoms with Crippen LogP contribution in [0.5, 0.6) is 0 Å². The van der Waals surface area contributed by atoms with Gasteiger partial charge in [0.05, 0.1) is 10.6 Å². The summed E-state index contributed by atoms with van der Waals surface area (Å²) in [7, 11) is 0. The van der Waals surface area contributed by atoms with E-state index < -0.39 is 11.8 Å². The molecule has 6 heteroatoms. The van der Waals surface area contributed by atoms with Crippen molar-refractivity contribution in [1.82, 2.24) is 0 Å². The summed E-state index contributed by atoms with van der Waals surface area (Å²) in [5.74, 6) is -1.15. The van der Waals surface area contributed by atoms with E-state index >= 15 is 0 Å². The lowest BCUT2D eigenvalue weighted by Crippen LogP contribution is -2.07. The van der Waals surface area contributed by atoms with Gasteiger partial charge in [-0.1, -0.05) is 17.7 Å². The highest BCUT2D eigenvalue weighted by molar-refractivity contribution is 6.30. The minimum absolute atomic E-state index is 0.0173. The molecule has 0 atom stereocenters. The van der Waals surface area contributed by atoms with E-state index in [0.29, 0.717) is 16.9 Å². The summed E-state index contributed by atoms with van der Waals surface area (Å²) in [5, 5.41) is 0.0173. The highest BCUT2D eigenvalue weighted by atomic mass is 35.5. The quantitative estimate of drug-likeness (QED) is 0.674. The van der Waals surface area contributed by atoms with E-state index in [9.17, 15) is 9.18 Å². The zero-order chi connectivity index (χ0) is 14.7. The van der Waals surface area contributed by atoms with Gasteiger partial charge in [0, 0.05) is 11.4 Å². The maximum Gasteiger partial charge on any atom is 0.338 e. The lowest BCUT2D eigenvalue weighted by Gasteiger charge is -2.07. The average molecular weight is 295 g/mol. The Morgan fingerprint density at radius 3 is 2.40 bits per heavy atom. The van der Waals surface area contributed by atoms with Gasteiger partial charge in [-0.25, -0.2) is 9.18 Å². The Bertz CT molecular complexity index is 641. The number of hydrogen-bond donors (Lipinski definition) is 2. The fourth-order valence-corrected chi connectivity index (χ4v) is 1.77. The number of nitrogen functional groups attached to an aromatic ring is 2. The standard InChI is InChI=1S/C14H12ClFN2O2/c15-12-2-1-8(3-13(12)16)7-20-14(19)9-4-10(17)6-11(18)5-9/h1-6H,7,17-18H2. The van der Waals surface area contributed by atoms with Crippen LogP contribution in [0.3, 0.4) is 0 Å². The maximum absolute atomic E-state index is 13.2. The number of carbonyl (C=O) groups is 1. The van der Waals surface area contributed by atoms with E-state index in [2.05, 4.69) is 0 Å². The van der Waals surface area contributed by atoms with E-state index in [4.69, 9.17) is 27.8 Å². The molecule has 2 aromatic carbocycles. The van der Waals surface area contributed by atoms with Crippen LogP contribution in [0.15, 0.2) is 36.4 Å². The van der Waals surface area contributed by atoms with Gasteiger partial charge >= 0.3 is 5.97 Å². The first kappa shape index (κ1) is 14.1. The number of esters is 1. The predicted molar refractivity (Wildman–Crippen MR) is 75.8 cm³/mol. The Kier molecular flexibility index (Phi) is 4.10. The van der Waals surface area contributed by atoms with Crippen LogP contribution < -0.4 is 11.5 Å². The zero-order valence-corrected chi connectivity index (χ0v) is 11.2. The summed E-state index contributed by atoms with van der Waals surface area (Å²) in [6, 6.07) is 8.64. The Balaban J connectivity index is 2.06. The van der Waals surface area contributed by atoms with Gasteiger partial charge in [-0.3, -0.25) is 0 Å². The van der Waals surface area contributed by atoms with Gasteiger partial charge in [0.2, 0.25) is 0 Å². The Morgan fingerprint density at radius 1 is 1.15 bits per heavy atom. The van der Waals surface area contributed by atoms with Crippen LogP contribution in [0.25, 0.3) is 0 Å². The summed E-state index contributed by atoms with van der Waals surface area (Å²) in [6.07, 6.45) is 0. The number of halogens is 2. The lowest BCUT2D eigenvalue weighted by molar-refractivity contribution is 0.0472. The summed E-state index contributed by atoms with van der Waals surface area (Å²) in [5.41, 5.74) is 12.7. The van der Waals surface area contributed by atoms with Crippen molar-refractivity contribution < 1.29 is 13.9 Å². The van der Waals surface area contributed by atoms with Crippen LogP contribution in [-0.2, 0) is 11.3 Å². The van der Waals surface area contributed by atoms with Crippen molar-refractivity contribution in [2.45, 2.75) is 6.61 Å². The molecule has 0 fully saturated rings. The van der Waals surface area contributed by atoms with E-state index in [0.717, 1.165) is 0 Å². The third-order valence-electron chi connectivity index (χ3n) is 2.57. The first-order chi connectivity index (χ1) is 9.45. The highest BCUT2D eigenvalue weighted by Crippen LogP contribution is 2.18. The molecular weight excluding hydrogens is 283 g/mol. The van der Waals surface area contributed by atoms with E-state index in [-0.39, 0.29) is 17.2 Å². The monoisotopic (exact) mass is 294 g/mol. The van der Waals surface area contributed by atoms with Gasteiger partial charge in [0.15, 0.2) is 0 Å². The molecule has 20 heavy (non-hydrogen) atoms. The summed E-state index contributed by atoms with van der Waals surface area (Å²) in [4.78, 5) is 11.8. The van der Waals surface area contributed by atoms with Crippen molar-refractivity contribution in [1.29, 1.82) is 0 Å². The van der Waals surface area contributed by atoms with Crippen LogP contribution >= 0.6 is 11.6 Å². The van der Waals surface area contributed by atoms with Crippen molar-refractivity contribution in [2.75, 3.05) is 11.5 Å². The molecule has 0 amide bonds. The second-order valence-electron chi connectivity index (χ2n) is 4.21. The second-order valence-corrected chi connectivity index (χ2v) is 4.62. The van der Waals surface area contributed by atoms with Crippen molar-refractivity contribution >= 4 is 28.9 Å². The molecule has 4 N–H and O–H groups in total. The molecule has 0 saturated heterocycles. The maximum atomic E-state index is 13.2. The molecule has 104 valence electrons. The number of rotatable bonds is 3. The number of hydrogen-bond acceptors (Lipinski definition) is 4. The van der Waals surface area contributed by atoms with Crippen LogP contribution in [0.1, 0.15) is 15.9 Å². The topological polar surface area (TPSA) is 78.3 Å². The predicted octanol–water partition coefficient (Wildman–Crippen LogP) is 3.00. The fraction of sp³-hybridized carbons (Fsp3) is 0.0714. The Morgan fingerprint density at radius 2 is 1.80 bits per heavy atom. The fourth-order valence-electron chi connectivity index (χ4n) is 1.66. The molecule has 0 bridgehead atoms. The van der Waals surface area contributed by atoms with Gasteiger partial charge in [0.25, 0.3) is 0 Å². The third kappa shape index (κ3) is 3.39. The summed E-state index contributed by atoms with van der Waals surface area (Å²) >= 11 is 5.56. The number of ether oxygens (including phenoxy) is 1. The smallest absolute Gasteiger partial charge is 0.338 e. The number of carbonyl (C=O) groups excluding carboxylic acids is 1. The second kappa shape index (κ2) is 5.79. The normalized spacial score (nSPS) is 10.3. The lowest BCUT2D eigenvalue weighted by atomic mass is 10.2. The first-order valence-electron chi connectivity index (χ1n) is 5.73. The molecule has 0 aliphatic heterocycles. The average Bonchev–Trinajstić information content (AvgIpc) is 2.38. The third-order valence-corrected chi connectivity index (χ3v) is 2.87. The molecule has 0 radical (unpaired) electrons. The van der Waals surface area contributed by atoms with Crippen LogP contribution in [0, 0.1) is 5.82 Å². The largest absolute Gasteiger partial charge is 0.457 e. The van der Waals surface area contributed by atoms with Gasteiger partial charge in [-0.2, -0.15) is 0 Å². The van der Waals surface area contributed by atoms with Crippen molar-refractivity contribution in [3.05, 3.63) is 58.4 Å². The first-order valence-corrected chi connectivity index (χ1v) is 6.10. The van der Waals surface area contributed by atoms with Crippen LogP contribution in [-0.4, -0.2) is 5.97 Å². The number of benzene rings is 2. The minimum atomic E-state index is -0.584. The molecule has 0 aliphatic carbocycles. The Hall–Kier alpha value is -2.27. The Labute approximate surface area is 120 Å². The van der Waals surface area contributed by atoms with E-state index in [1.165, 1.54) is 30.3 Å². The molecule has 4 nitrogen and oxygen atoms in total. The van der Waals surface area contributed by atoms with Crippen LogP contribution in [0.2, 0.25) is 5.02 Å². The molecule has 0 unspecified atom stereocenters. The molecule has 0 saturated carbocycles. The van der Waals surface area contributed by atoms with E-state index in [1.807, 2.05) is 0 Å². The molecule has 2 aromatic rings. The minimum Gasteiger partial charge on any atom is -0.457 e. The zero-order valence-electron chi connectivity index (χ0n) is 10.4. The molecule has 0 heterocycles. The number of nitrogens with two attached hydrogens (primary N) is 2. The van der Waals surface area contributed by atoms with Crippen molar-refractivity contribution in [3.8, 4) is 0 Å². The molecule has 2 rings (SSSR count). The highest BCUT2D eigenvalue weighted by Gasteiger charge is 2.10. The SMILES string of the molecule is Nc1cc(N)cc(C(=O)OCc2ccc(Cl)c(F)c2)c1. The van der Waals surface area contributed by atoms with Gasteiger partial charge in [-0.15, -0.1) is 0 Å². The van der Waals surface area contributed by atoms with Gasteiger partial charge in [0.1, 0.15) is 12.4 Å². The van der Waals surface area contributed by atoms with Crippen LogP contribution in [0.4, 0.5) is 15.8 Å². The molecule has 0 aliphatic rings. The van der Waals surface area contributed by atoms with E-state index in [1.54, 1.807) is 6.07 Å². The van der Waals surface area contributed by atoms with Gasteiger partial charge < -0.3 is 16.2 Å². The van der Waals surface area contributed by atoms with Crippen molar-refractivity contribution in [3.63, 3.8) is 0 Å². The molecule has 0 spiro atoms. The van der Waals surface area contributed by atoms with Gasteiger partial charge in [-0.05, 0) is 35.9 Å². The van der Waals surface area contributed by atoms with Crippen molar-refractivity contribution in [2.24, 2.45) is 0 Å². The summed E-state index contributed by atoms with van der Waals surface area (Å²) < 4.78 is 18.3. The summed E-state index contributed by atoms with van der Waals surface area (Å²) in [6.45, 7) is -0.0678. The molecule has 0 aromatic heterocycles. The number of anilines is 2.